The Balaban J connectivity index is 1.33. The summed E-state index contributed by atoms with van der Waals surface area (Å²) in [4.78, 5) is 22.6. The zero-order valence-electron chi connectivity index (χ0n) is 20.4. The molecule has 1 aliphatic heterocycles. The Hall–Kier alpha value is -3.43. The van der Waals surface area contributed by atoms with Crippen LogP contribution in [0.15, 0.2) is 49.1 Å². The molecule has 0 radical (unpaired) electrons. The summed E-state index contributed by atoms with van der Waals surface area (Å²) in [7, 11) is 0. The number of piperazine rings is 1. The molecule has 1 saturated heterocycles. The molecule has 0 bridgehead atoms. The van der Waals surface area contributed by atoms with E-state index in [-0.39, 0.29) is 11.7 Å². The Morgan fingerprint density at radius 1 is 1.00 bits per heavy atom. The van der Waals surface area contributed by atoms with Crippen LogP contribution < -0.4 is 5.32 Å². The molecule has 5 rings (SSSR count). The number of nitrogens with zero attached hydrogens (tertiary/aromatic N) is 7. The first-order chi connectivity index (χ1) is 17.0. The van der Waals surface area contributed by atoms with Crippen LogP contribution in [0.2, 0.25) is 0 Å². The SMILES string of the molecule is CCN1CCN(Cc2ccc(Nc3ncc(F)c(-c4cn(C(C)C)c5ncccc45)n3)nc2)CC1. The molecule has 5 heterocycles. The van der Waals surface area contributed by atoms with Gasteiger partial charge in [0.1, 0.15) is 17.2 Å². The monoisotopic (exact) mass is 474 g/mol. The number of aromatic nitrogens is 5. The Morgan fingerprint density at radius 3 is 2.51 bits per heavy atom. The van der Waals surface area contributed by atoms with Crippen molar-refractivity contribution in [1.29, 1.82) is 0 Å². The molecule has 4 aromatic heterocycles. The zero-order valence-corrected chi connectivity index (χ0v) is 20.4. The second-order valence-corrected chi connectivity index (χ2v) is 9.20. The third-order valence-electron chi connectivity index (χ3n) is 6.53. The Morgan fingerprint density at radius 2 is 1.80 bits per heavy atom. The molecule has 182 valence electrons. The molecular formula is C26H31FN8. The van der Waals surface area contributed by atoms with Crippen LogP contribution in [0.4, 0.5) is 16.2 Å². The van der Waals surface area contributed by atoms with Gasteiger partial charge in [0.25, 0.3) is 0 Å². The number of fused-ring (bicyclic) bond motifs is 1. The van der Waals surface area contributed by atoms with Gasteiger partial charge in [0, 0.05) is 68.3 Å². The van der Waals surface area contributed by atoms with Gasteiger partial charge >= 0.3 is 0 Å². The van der Waals surface area contributed by atoms with Crippen LogP contribution in [0.5, 0.6) is 0 Å². The predicted octanol–water partition coefficient (Wildman–Crippen LogP) is 4.49. The first-order valence-corrected chi connectivity index (χ1v) is 12.2. The van der Waals surface area contributed by atoms with E-state index in [1.165, 1.54) is 6.20 Å². The van der Waals surface area contributed by atoms with Crippen molar-refractivity contribution in [2.24, 2.45) is 0 Å². The third-order valence-corrected chi connectivity index (χ3v) is 6.53. The van der Waals surface area contributed by atoms with Crippen molar-refractivity contribution >= 4 is 22.8 Å². The van der Waals surface area contributed by atoms with Crippen molar-refractivity contribution in [2.75, 3.05) is 38.0 Å². The fraction of sp³-hybridized carbons (Fsp3) is 0.385. The molecular weight excluding hydrogens is 443 g/mol. The minimum atomic E-state index is -0.478. The number of pyridine rings is 2. The van der Waals surface area contributed by atoms with Gasteiger partial charge in [-0.15, -0.1) is 0 Å². The van der Waals surface area contributed by atoms with Crippen LogP contribution in [0.3, 0.4) is 0 Å². The standard InChI is InChI=1S/C26H31FN8/c1-4-33-10-12-34(13-11-33)16-19-7-8-23(29-14-19)31-26-30-15-22(27)24(32-26)21-17-35(18(2)3)25-20(21)6-5-9-28-25/h5-9,14-15,17-18H,4,10-13,16H2,1-3H3,(H,29,30,31,32). The zero-order chi connectivity index (χ0) is 24.4. The maximum absolute atomic E-state index is 14.8. The fourth-order valence-corrected chi connectivity index (χ4v) is 4.51. The van der Waals surface area contributed by atoms with Crippen LogP contribution >= 0.6 is 0 Å². The molecule has 1 N–H and O–H groups in total. The highest BCUT2D eigenvalue weighted by Gasteiger charge is 2.19. The third kappa shape index (κ3) is 5.01. The first kappa shape index (κ1) is 23.3. The molecule has 1 fully saturated rings. The van der Waals surface area contributed by atoms with Gasteiger partial charge in [0.2, 0.25) is 5.95 Å². The summed E-state index contributed by atoms with van der Waals surface area (Å²) in [5.74, 6) is 0.439. The topological polar surface area (TPSA) is 75.0 Å². The highest BCUT2D eigenvalue weighted by Crippen LogP contribution is 2.32. The van der Waals surface area contributed by atoms with Gasteiger partial charge in [-0.3, -0.25) is 4.90 Å². The molecule has 4 aromatic rings. The van der Waals surface area contributed by atoms with Crippen molar-refractivity contribution in [1.82, 2.24) is 34.3 Å². The quantitative estimate of drug-likeness (QED) is 0.423. The summed E-state index contributed by atoms with van der Waals surface area (Å²) < 4.78 is 16.9. The Kier molecular flexibility index (Phi) is 6.70. The fourth-order valence-electron chi connectivity index (χ4n) is 4.51. The van der Waals surface area contributed by atoms with Crippen LogP contribution in [-0.2, 0) is 6.54 Å². The average molecular weight is 475 g/mol. The summed E-state index contributed by atoms with van der Waals surface area (Å²) >= 11 is 0. The predicted molar refractivity (Wildman–Crippen MR) is 136 cm³/mol. The lowest BCUT2D eigenvalue weighted by molar-refractivity contribution is 0.132. The molecule has 9 heteroatoms. The summed E-state index contributed by atoms with van der Waals surface area (Å²) in [6.07, 6.45) is 6.73. The van der Waals surface area contributed by atoms with E-state index in [2.05, 4.69) is 61.9 Å². The smallest absolute Gasteiger partial charge is 0.229 e. The lowest BCUT2D eigenvalue weighted by Crippen LogP contribution is -2.45. The molecule has 0 amide bonds. The van der Waals surface area contributed by atoms with Gasteiger partial charge in [-0.05, 0) is 44.2 Å². The van der Waals surface area contributed by atoms with Gasteiger partial charge in [-0.2, -0.15) is 0 Å². The van der Waals surface area contributed by atoms with Crippen LogP contribution in [0, 0.1) is 5.82 Å². The van der Waals surface area contributed by atoms with Crippen molar-refractivity contribution in [3.63, 3.8) is 0 Å². The van der Waals surface area contributed by atoms with E-state index >= 15 is 0 Å². The van der Waals surface area contributed by atoms with E-state index in [4.69, 9.17) is 0 Å². The van der Waals surface area contributed by atoms with Crippen molar-refractivity contribution in [3.05, 3.63) is 60.4 Å². The normalized spacial score (nSPS) is 15.2. The molecule has 0 spiro atoms. The van der Waals surface area contributed by atoms with Gasteiger partial charge in [-0.1, -0.05) is 13.0 Å². The highest BCUT2D eigenvalue weighted by molar-refractivity contribution is 5.93. The number of hydrogen-bond acceptors (Lipinski definition) is 7. The van der Waals surface area contributed by atoms with Gasteiger partial charge < -0.3 is 14.8 Å². The lowest BCUT2D eigenvalue weighted by atomic mass is 10.1. The van der Waals surface area contributed by atoms with E-state index in [1.54, 1.807) is 6.20 Å². The van der Waals surface area contributed by atoms with Crippen LogP contribution in [-0.4, -0.2) is 67.0 Å². The van der Waals surface area contributed by atoms with E-state index in [9.17, 15) is 4.39 Å². The Bertz CT molecular complexity index is 1290. The maximum Gasteiger partial charge on any atom is 0.229 e. The number of likely N-dealkylation sites (N-methyl/N-ethyl adjacent to an activating group) is 1. The summed E-state index contributed by atoms with van der Waals surface area (Å²) in [5, 5.41) is 3.97. The second kappa shape index (κ2) is 10.1. The second-order valence-electron chi connectivity index (χ2n) is 9.20. The maximum atomic E-state index is 14.8. The number of nitrogens with one attached hydrogen (secondary N) is 1. The molecule has 0 unspecified atom stereocenters. The highest BCUT2D eigenvalue weighted by atomic mass is 19.1. The van der Waals surface area contributed by atoms with Crippen LogP contribution in [0.25, 0.3) is 22.3 Å². The van der Waals surface area contributed by atoms with Gasteiger partial charge in [-0.25, -0.2) is 24.3 Å². The summed E-state index contributed by atoms with van der Waals surface area (Å²) in [6, 6.07) is 7.95. The minimum absolute atomic E-state index is 0.182. The first-order valence-electron chi connectivity index (χ1n) is 12.2. The van der Waals surface area contributed by atoms with Crippen molar-refractivity contribution < 1.29 is 4.39 Å². The molecule has 0 aromatic carbocycles. The number of rotatable bonds is 7. The number of anilines is 2. The molecule has 1 aliphatic rings. The largest absolute Gasteiger partial charge is 0.329 e. The van der Waals surface area contributed by atoms with E-state index in [0.29, 0.717) is 17.3 Å². The number of hydrogen-bond donors (Lipinski definition) is 1. The van der Waals surface area contributed by atoms with Crippen LogP contribution in [0.1, 0.15) is 32.4 Å². The average Bonchev–Trinajstić information content (AvgIpc) is 3.27. The van der Waals surface area contributed by atoms with E-state index in [0.717, 1.165) is 55.9 Å². The molecule has 0 saturated carbocycles. The van der Waals surface area contributed by atoms with Crippen molar-refractivity contribution in [3.8, 4) is 11.3 Å². The summed E-state index contributed by atoms with van der Waals surface area (Å²) in [5.41, 5.74) is 2.90. The summed E-state index contributed by atoms with van der Waals surface area (Å²) in [6.45, 7) is 12.7. The Labute approximate surface area is 204 Å². The van der Waals surface area contributed by atoms with Gasteiger partial charge in [0.15, 0.2) is 5.82 Å². The lowest BCUT2D eigenvalue weighted by Gasteiger charge is -2.33. The van der Waals surface area contributed by atoms with Gasteiger partial charge in [0.05, 0.1) is 6.20 Å². The van der Waals surface area contributed by atoms with Crippen molar-refractivity contribution in [2.45, 2.75) is 33.4 Å². The van der Waals surface area contributed by atoms with E-state index < -0.39 is 5.82 Å². The minimum Gasteiger partial charge on any atom is -0.329 e. The molecule has 8 nitrogen and oxygen atoms in total. The molecule has 0 aliphatic carbocycles. The molecule has 35 heavy (non-hydrogen) atoms. The van der Waals surface area contributed by atoms with E-state index in [1.807, 2.05) is 35.2 Å². The number of halogens is 1. The molecule has 0 atom stereocenters.